The van der Waals surface area contributed by atoms with Crippen LogP contribution in [0.25, 0.3) is 0 Å². The van der Waals surface area contributed by atoms with Gasteiger partial charge in [0.15, 0.2) is 0 Å². The maximum atomic E-state index is 12.6. The first-order valence-electron chi connectivity index (χ1n) is 8.34. The van der Waals surface area contributed by atoms with Crippen molar-refractivity contribution in [1.82, 2.24) is 4.90 Å². The van der Waals surface area contributed by atoms with Crippen LogP contribution in [0.2, 0.25) is 0 Å². The number of amides is 4. The quantitative estimate of drug-likeness (QED) is 0.802. The normalized spacial score (nSPS) is 13.6. The van der Waals surface area contributed by atoms with E-state index in [0.29, 0.717) is 22.5 Å². The number of hydrogen-bond acceptors (Lipinski definition) is 3. The van der Waals surface area contributed by atoms with Gasteiger partial charge in [-0.3, -0.25) is 14.5 Å². The fourth-order valence-corrected chi connectivity index (χ4v) is 2.86. The van der Waals surface area contributed by atoms with Gasteiger partial charge in [-0.1, -0.05) is 17.7 Å². The van der Waals surface area contributed by atoms with Crippen LogP contribution in [0.3, 0.4) is 0 Å². The standard InChI is InChI=1S/C20H21N3O3/c1-12-5-7-13(8-6-12)21-19(26)22-14-9-10-15-16(11-14)18(25)23(17(15)24)20(2,3)4/h5-11H,1-4H3,(H2,21,22,26). The Morgan fingerprint density at radius 3 is 2.00 bits per heavy atom. The van der Waals surface area contributed by atoms with Crippen LogP contribution in [0, 0.1) is 6.92 Å². The van der Waals surface area contributed by atoms with Crippen molar-refractivity contribution in [2.75, 3.05) is 10.6 Å². The first kappa shape index (κ1) is 17.7. The van der Waals surface area contributed by atoms with Gasteiger partial charge in [-0.2, -0.15) is 0 Å². The molecule has 0 bridgehead atoms. The zero-order valence-corrected chi connectivity index (χ0v) is 15.2. The lowest BCUT2D eigenvalue weighted by atomic mass is 10.1. The van der Waals surface area contributed by atoms with Crippen molar-refractivity contribution in [2.45, 2.75) is 33.2 Å². The number of carbonyl (C=O) groups is 3. The lowest BCUT2D eigenvalue weighted by Gasteiger charge is -2.29. The van der Waals surface area contributed by atoms with Gasteiger partial charge in [-0.25, -0.2) is 4.79 Å². The molecule has 6 nitrogen and oxygen atoms in total. The number of aryl methyl sites for hydroxylation is 1. The molecule has 2 aromatic rings. The van der Waals surface area contributed by atoms with Crippen LogP contribution in [-0.2, 0) is 0 Å². The van der Waals surface area contributed by atoms with E-state index in [2.05, 4.69) is 10.6 Å². The lowest BCUT2D eigenvalue weighted by molar-refractivity contribution is 0.0507. The Morgan fingerprint density at radius 1 is 0.846 bits per heavy atom. The summed E-state index contributed by atoms with van der Waals surface area (Å²) >= 11 is 0. The molecule has 0 spiro atoms. The molecule has 2 N–H and O–H groups in total. The molecule has 1 aliphatic rings. The molecule has 1 aliphatic heterocycles. The summed E-state index contributed by atoms with van der Waals surface area (Å²) in [6, 6.07) is 11.7. The number of anilines is 2. The second kappa shape index (κ2) is 6.29. The minimum atomic E-state index is -0.608. The fraction of sp³-hybridized carbons (Fsp3) is 0.250. The highest BCUT2D eigenvalue weighted by Gasteiger charge is 2.41. The second-order valence-electron chi connectivity index (χ2n) is 7.32. The predicted molar refractivity (Wildman–Crippen MR) is 101 cm³/mol. The second-order valence-corrected chi connectivity index (χ2v) is 7.32. The van der Waals surface area contributed by atoms with Gasteiger partial charge in [0.05, 0.1) is 11.1 Å². The van der Waals surface area contributed by atoms with Crippen molar-refractivity contribution < 1.29 is 14.4 Å². The summed E-state index contributed by atoms with van der Waals surface area (Å²) < 4.78 is 0. The number of nitrogens with zero attached hydrogens (tertiary/aromatic N) is 1. The predicted octanol–water partition coefficient (Wildman–Crippen LogP) is 4.03. The van der Waals surface area contributed by atoms with Crippen molar-refractivity contribution in [3.05, 3.63) is 59.2 Å². The van der Waals surface area contributed by atoms with Gasteiger partial charge in [0.1, 0.15) is 0 Å². The first-order valence-corrected chi connectivity index (χ1v) is 8.34. The van der Waals surface area contributed by atoms with Gasteiger partial charge in [0.25, 0.3) is 11.8 Å². The highest BCUT2D eigenvalue weighted by Crippen LogP contribution is 2.30. The Bertz CT molecular complexity index is 896. The average molecular weight is 351 g/mol. The molecular formula is C20H21N3O3. The van der Waals surface area contributed by atoms with Crippen LogP contribution in [0.4, 0.5) is 16.2 Å². The number of carbonyl (C=O) groups excluding carboxylic acids is 3. The van der Waals surface area contributed by atoms with Crippen molar-refractivity contribution >= 4 is 29.2 Å². The van der Waals surface area contributed by atoms with Crippen LogP contribution < -0.4 is 10.6 Å². The number of rotatable bonds is 2. The molecule has 0 aromatic heterocycles. The molecule has 0 saturated carbocycles. The molecule has 0 aliphatic carbocycles. The third kappa shape index (κ3) is 3.31. The van der Waals surface area contributed by atoms with Crippen molar-refractivity contribution in [3.63, 3.8) is 0 Å². The summed E-state index contributed by atoms with van der Waals surface area (Å²) in [4.78, 5) is 38.4. The Hall–Kier alpha value is -3.15. The minimum absolute atomic E-state index is 0.304. The largest absolute Gasteiger partial charge is 0.323 e. The summed E-state index contributed by atoms with van der Waals surface area (Å²) in [5.41, 5.74) is 2.27. The summed E-state index contributed by atoms with van der Waals surface area (Å²) in [5.74, 6) is -0.659. The molecule has 6 heteroatoms. The maximum Gasteiger partial charge on any atom is 0.323 e. The molecule has 26 heavy (non-hydrogen) atoms. The van der Waals surface area contributed by atoms with E-state index in [1.165, 1.54) is 11.0 Å². The fourth-order valence-electron chi connectivity index (χ4n) is 2.86. The van der Waals surface area contributed by atoms with E-state index < -0.39 is 11.6 Å². The molecule has 0 saturated heterocycles. The highest BCUT2D eigenvalue weighted by molar-refractivity contribution is 6.22. The lowest BCUT2D eigenvalue weighted by Crippen LogP contribution is -2.45. The van der Waals surface area contributed by atoms with Crippen LogP contribution in [0.1, 0.15) is 47.1 Å². The summed E-state index contributed by atoms with van der Waals surface area (Å²) in [6.07, 6.45) is 0. The van der Waals surface area contributed by atoms with E-state index in [0.717, 1.165) is 5.56 Å². The molecule has 2 aromatic carbocycles. The van der Waals surface area contributed by atoms with E-state index in [1.807, 2.05) is 39.8 Å². The molecule has 0 radical (unpaired) electrons. The van der Waals surface area contributed by atoms with Crippen LogP contribution in [0.5, 0.6) is 0 Å². The van der Waals surface area contributed by atoms with Gasteiger partial charge < -0.3 is 10.6 Å². The molecule has 0 unspecified atom stereocenters. The van der Waals surface area contributed by atoms with Crippen molar-refractivity contribution in [1.29, 1.82) is 0 Å². The van der Waals surface area contributed by atoms with E-state index >= 15 is 0 Å². The molecule has 0 fully saturated rings. The van der Waals surface area contributed by atoms with Crippen LogP contribution >= 0.6 is 0 Å². The molecule has 0 atom stereocenters. The molecule has 1 heterocycles. The minimum Gasteiger partial charge on any atom is -0.308 e. The molecular weight excluding hydrogens is 330 g/mol. The van der Waals surface area contributed by atoms with Gasteiger partial charge in [-0.05, 0) is 58.0 Å². The van der Waals surface area contributed by atoms with Gasteiger partial charge in [0.2, 0.25) is 0 Å². The zero-order valence-electron chi connectivity index (χ0n) is 15.2. The molecule has 134 valence electrons. The Balaban J connectivity index is 1.77. The Morgan fingerprint density at radius 2 is 1.38 bits per heavy atom. The van der Waals surface area contributed by atoms with E-state index in [4.69, 9.17) is 0 Å². The summed E-state index contributed by atoms with van der Waals surface area (Å²) in [7, 11) is 0. The van der Waals surface area contributed by atoms with Gasteiger partial charge >= 0.3 is 6.03 Å². The topological polar surface area (TPSA) is 78.5 Å². The Kier molecular flexibility index (Phi) is 4.28. The number of urea groups is 1. The number of hydrogen-bond donors (Lipinski definition) is 2. The summed E-state index contributed by atoms with van der Waals surface area (Å²) in [5, 5.41) is 5.42. The van der Waals surface area contributed by atoms with Gasteiger partial charge in [-0.15, -0.1) is 0 Å². The smallest absolute Gasteiger partial charge is 0.308 e. The Labute approximate surface area is 152 Å². The first-order chi connectivity index (χ1) is 12.2. The molecule has 3 rings (SSSR count). The molecule has 4 amide bonds. The third-order valence-electron chi connectivity index (χ3n) is 4.12. The number of imide groups is 1. The van der Waals surface area contributed by atoms with Crippen molar-refractivity contribution in [3.8, 4) is 0 Å². The zero-order chi connectivity index (χ0) is 19.1. The third-order valence-corrected chi connectivity index (χ3v) is 4.12. The van der Waals surface area contributed by atoms with Crippen LogP contribution in [-0.4, -0.2) is 28.3 Å². The average Bonchev–Trinajstić information content (AvgIpc) is 2.80. The van der Waals surface area contributed by atoms with Gasteiger partial charge in [0, 0.05) is 16.9 Å². The number of fused-ring (bicyclic) bond motifs is 1. The van der Waals surface area contributed by atoms with E-state index in [9.17, 15) is 14.4 Å². The van der Waals surface area contributed by atoms with Crippen LogP contribution in [0.15, 0.2) is 42.5 Å². The SMILES string of the molecule is Cc1ccc(NC(=O)Nc2ccc3c(c2)C(=O)N(C(C)(C)C)C3=O)cc1. The van der Waals surface area contributed by atoms with E-state index in [1.54, 1.807) is 24.3 Å². The number of benzene rings is 2. The van der Waals surface area contributed by atoms with Crippen molar-refractivity contribution in [2.24, 2.45) is 0 Å². The maximum absolute atomic E-state index is 12.6. The number of nitrogens with one attached hydrogen (secondary N) is 2. The highest BCUT2D eigenvalue weighted by atomic mass is 16.2. The van der Waals surface area contributed by atoms with E-state index in [-0.39, 0.29) is 11.8 Å². The summed E-state index contributed by atoms with van der Waals surface area (Å²) in [6.45, 7) is 7.39. The monoisotopic (exact) mass is 351 g/mol.